The lowest BCUT2D eigenvalue weighted by Crippen LogP contribution is -2.32. The monoisotopic (exact) mass is 383 g/mol. The van der Waals surface area contributed by atoms with E-state index in [9.17, 15) is 13.2 Å². The number of nitrogens with two attached hydrogens (primary N) is 2. The summed E-state index contributed by atoms with van der Waals surface area (Å²) in [6, 6.07) is 4.08. The average molecular weight is 385 g/mol. The fourth-order valence-corrected chi connectivity index (χ4v) is 4.20. The molecule has 0 saturated carbocycles. The first-order valence-electron chi connectivity index (χ1n) is 5.67. The topological polar surface area (TPSA) is 106 Å². The fraction of sp³-hybridized carbons (Fsp3) is 0.364. The van der Waals surface area contributed by atoms with Crippen molar-refractivity contribution in [3.63, 3.8) is 0 Å². The van der Waals surface area contributed by atoms with Crippen LogP contribution in [0.2, 0.25) is 0 Å². The minimum atomic E-state index is -3.63. The number of amides is 1. The normalized spacial score (nSPS) is 19.6. The first kappa shape index (κ1) is 17.4. The highest BCUT2D eigenvalue weighted by atomic mass is 79.9. The van der Waals surface area contributed by atoms with E-state index in [0.717, 1.165) is 0 Å². The molecule has 2 rings (SSSR count). The Kier molecular flexibility index (Phi) is 5.56. The van der Waals surface area contributed by atoms with Crippen LogP contribution in [0.25, 0.3) is 0 Å². The van der Waals surface area contributed by atoms with E-state index < -0.39 is 15.9 Å². The molecular weight excluding hydrogens is 370 g/mol. The molecule has 1 aromatic carbocycles. The number of benzene rings is 1. The molecule has 0 radical (unpaired) electrons. The maximum Gasteiger partial charge on any atom is 0.248 e. The van der Waals surface area contributed by atoms with E-state index >= 15 is 0 Å². The molecular formula is C11H15BrClN3O3S. The van der Waals surface area contributed by atoms with Crippen molar-refractivity contribution >= 4 is 44.3 Å². The first-order valence-corrected chi connectivity index (χ1v) is 7.90. The number of rotatable bonds is 3. The van der Waals surface area contributed by atoms with Gasteiger partial charge in [-0.3, -0.25) is 4.79 Å². The molecule has 0 aliphatic carbocycles. The second-order valence-electron chi connectivity index (χ2n) is 4.45. The van der Waals surface area contributed by atoms with Crippen LogP contribution in [0.1, 0.15) is 16.8 Å². The molecule has 1 saturated heterocycles. The quantitative estimate of drug-likeness (QED) is 0.799. The van der Waals surface area contributed by atoms with Gasteiger partial charge in [-0.25, -0.2) is 8.42 Å². The number of primary amides is 1. The van der Waals surface area contributed by atoms with Gasteiger partial charge in [0.1, 0.15) is 0 Å². The molecule has 20 heavy (non-hydrogen) atoms. The summed E-state index contributed by atoms with van der Waals surface area (Å²) in [6.07, 6.45) is 0.635. The van der Waals surface area contributed by atoms with Crippen molar-refractivity contribution < 1.29 is 13.2 Å². The summed E-state index contributed by atoms with van der Waals surface area (Å²) in [4.78, 5) is 11.2. The number of hydrogen-bond donors (Lipinski definition) is 2. The van der Waals surface area contributed by atoms with E-state index in [-0.39, 0.29) is 28.9 Å². The molecule has 0 spiro atoms. The van der Waals surface area contributed by atoms with Gasteiger partial charge in [0.2, 0.25) is 15.9 Å². The van der Waals surface area contributed by atoms with Crippen molar-refractivity contribution in [3.05, 3.63) is 28.2 Å². The third-order valence-corrected chi connectivity index (χ3v) is 5.28. The Morgan fingerprint density at radius 3 is 2.50 bits per heavy atom. The third-order valence-electron chi connectivity index (χ3n) is 2.98. The molecule has 1 atom stereocenters. The zero-order valence-corrected chi connectivity index (χ0v) is 13.7. The molecule has 6 nitrogen and oxygen atoms in total. The molecule has 112 valence electrons. The Labute approximate surface area is 132 Å². The van der Waals surface area contributed by atoms with Crippen LogP contribution in [0, 0.1) is 0 Å². The molecule has 1 aromatic rings. The number of sulfonamides is 1. The minimum Gasteiger partial charge on any atom is -0.366 e. The molecule has 9 heteroatoms. The largest absolute Gasteiger partial charge is 0.366 e. The smallest absolute Gasteiger partial charge is 0.248 e. The van der Waals surface area contributed by atoms with Gasteiger partial charge >= 0.3 is 0 Å². The summed E-state index contributed by atoms with van der Waals surface area (Å²) in [5.41, 5.74) is 11.1. The van der Waals surface area contributed by atoms with Gasteiger partial charge in [-0.15, -0.1) is 12.4 Å². The van der Waals surface area contributed by atoms with Gasteiger partial charge in [0.15, 0.2) is 0 Å². The molecule has 0 unspecified atom stereocenters. The predicted octanol–water partition coefficient (Wildman–Crippen LogP) is 0.692. The van der Waals surface area contributed by atoms with Crippen LogP contribution < -0.4 is 11.5 Å². The molecule has 4 N–H and O–H groups in total. The Morgan fingerprint density at radius 2 is 2.00 bits per heavy atom. The van der Waals surface area contributed by atoms with Crippen LogP contribution in [0.3, 0.4) is 0 Å². The van der Waals surface area contributed by atoms with Gasteiger partial charge in [-0.05, 0) is 24.6 Å². The van der Waals surface area contributed by atoms with E-state index in [1.807, 2.05) is 0 Å². The maximum absolute atomic E-state index is 12.4. The molecule has 1 amide bonds. The SMILES string of the molecule is Cl.NC(=O)c1cc(Br)cc(S(=O)(=O)N2CC[C@@H](N)C2)c1. The Balaban J connectivity index is 0.00000200. The number of carbonyl (C=O) groups excluding carboxylic acids is 1. The van der Waals surface area contributed by atoms with Gasteiger partial charge in [-0.2, -0.15) is 4.31 Å². The zero-order valence-electron chi connectivity index (χ0n) is 10.5. The molecule has 1 heterocycles. The standard InChI is InChI=1S/C11H14BrN3O3S.ClH/c12-8-3-7(11(14)16)4-10(5-8)19(17,18)15-2-1-9(13)6-15;/h3-5,9H,1-2,6,13H2,(H2,14,16);1H/t9-;/m1./s1. The Morgan fingerprint density at radius 1 is 1.35 bits per heavy atom. The van der Waals surface area contributed by atoms with Gasteiger partial charge < -0.3 is 11.5 Å². The van der Waals surface area contributed by atoms with Crippen LogP contribution in [0.15, 0.2) is 27.6 Å². The Hall–Kier alpha value is -0.670. The van der Waals surface area contributed by atoms with Crippen LogP contribution in [0.5, 0.6) is 0 Å². The van der Waals surface area contributed by atoms with Crippen molar-refractivity contribution in [1.82, 2.24) is 4.31 Å². The van der Waals surface area contributed by atoms with E-state index in [1.54, 1.807) is 0 Å². The summed E-state index contributed by atoms with van der Waals surface area (Å²) in [5, 5.41) is 0. The summed E-state index contributed by atoms with van der Waals surface area (Å²) in [6.45, 7) is 0.683. The number of halogens is 2. The summed E-state index contributed by atoms with van der Waals surface area (Å²) < 4.78 is 26.6. The van der Waals surface area contributed by atoms with Gasteiger partial charge in [0.25, 0.3) is 0 Å². The summed E-state index contributed by atoms with van der Waals surface area (Å²) in [7, 11) is -3.63. The van der Waals surface area contributed by atoms with Gasteiger partial charge in [0, 0.05) is 29.2 Å². The highest BCUT2D eigenvalue weighted by Crippen LogP contribution is 2.24. The number of nitrogens with zero attached hydrogens (tertiary/aromatic N) is 1. The van der Waals surface area contributed by atoms with Crippen LogP contribution in [0.4, 0.5) is 0 Å². The van der Waals surface area contributed by atoms with Crippen molar-refractivity contribution in [2.75, 3.05) is 13.1 Å². The van der Waals surface area contributed by atoms with Crippen LogP contribution in [-0.2, 0) is 10.0 Å². The number of hydrogen-bond acceptors (Lipinski definition) is 4. The van der Waals surface area contributed by atoms with Crippen LogP contribution in [-0.4, -0.2) is 37.8 Å². The van der Waals surface area contributed by atoms with E-state index in [0.29, 0.717) is 24.0 Å². The first-order chi connectivity index (χ1) is 8.80. The van der Waals surface area contributed by atoms with E-state index in [2.05, 4.69) is 15.9 Å². The number of carbonyl (C=O) groups is 1. The second-order valence-corrected chi connectivity index (χ2v) is 7.31. The van der Waals surface area contributed by atoms with Crippen molar-refractivity contribution in [2.45, 2.75) is 17.4 Å². The summed E-state index contributed by atoms with van der Waals surface area (Å²) in [5.74, 6) is -0.670. The van der Waals surface area contributed by atoms with E-state index in [4.69, 9.17) is 11.5 Å². The highest BCUT2D eigenvalue weighted by Gasteiger charge is 2.31. The molecule has 1 aliphatic rings. The molecule has 0 aromatic heterocycles. The lowest BCUT2D eigenvalue weighted by atomic mass is 10.2. The van der Waals surface area contributed by atoms with Crippen molar-refractivity contribution in [2.24, 2.45) is 11.5 Å². The van der Waals surface area contributed by atoms with Gasteiger partial charge in [-0.1, -0.05) is 15.9 Å². The summed E-state index contributed by atoms with van der Waals surface area (Å²) >= 11 is 3.18. The maximum atomic E-state index is 12.4. The van der Waals surface area contributed by atoms with Crippen molar-refractivity contribution in [3.8, 4) is 0 Å². The average Bonchev–Trinajstić information content (AvgIpc) is 2.75. The lowest BCUT2D eigenvalue weighted by Gasteiger charge is -2.16. The fourth-order valence-electron chi connectivity index (χ4n) is 1.98. The minimum absolute atomic E-state index is 0. The Bertz CT molecular complexity index is 623. The predicted molar refractivity (Wildman–Crippen MR) is 81.3 cm³/mol. The third kappa shape index (κ3) is 3.50. The molecule has 1 fully saturated rings. The molecule has 0 bridgehead atoms. The zero-order chi connectivity index (χ0) is 14.2. The lowest BCUT2D eigenvalue weighted by molar-refractivity contribution is 0.1000. The highest BCUT2D eigenvalue weighted by molar-refractivity contribution is 9.10. The van der Waals surface area contributed by atoms with Gasteiger partial charge in [0.05, 0.1) is 4.90 Å². The van der Waals surface area contributed by atoms with Crippen LogP contribution >= 0.6 is 28.3 Å². The van der Waals surface area contributed by atoms with E-state index in [1.165, 1.54) is 22.5 Å². The van der Waals surface area contributed by atoms with Crippen molar-refractivity contribution in [1.29, 1.82) is 0 Å². The molecule has 1 aliphatic heterocycles. The second kappa shape index (κ2) is 6.40.